The summed E-state index contributed by atoms with van der Waals surface area (Å²) in [5, 5.41) is 3.90. The van der Waals surface area contributed by atoms with E-state index in [1.807, 2.05) is 32.1 Å². The molecule has 0 bridgehead atoms. The van der Waals surface area contributed by atoms with Crippen LogP contribution in [0.5, 0.6) is 0 Å². The first-order valence-corrected chi connectivity index (χ1v) is 6.45. The first-order chi connectivity index (χ1) is 9.58. The minimum Gasteiger partial charge on any atom is -0.474 e. The molecule has 0 aliphatic carbocycles. The number of nitrogens with zero attached hydrogens (tertiary/aromatic N) is 1. The molecule has 0 saturated carbocycles. The fourth-order valence-electron chi connectivity index (χ4n) is 1.91. The third-order valence-corrected chi connectivity index (χ3v) is 2.96. The molecule has 20 heavy (non-hydrogen) atoms. The van der Waals surface area contributed by atoms with E-state index in [9.17, 15) is 4.79 Å². The molecule has 1 aliphatic rings. The van der Waals surface area contributed by atoms with E-state index in [0.29, 0.717) is 24.5 Å². The molecule has 1 aliphatic heterocycles. The molecule has 2 N–H and O–H groups in total. The van der Waals surface area contributed by atoms with Crippen molar-refractivity contribution >= 4 is 11.8 Å². The molecule has 1 unspecified atom stereocenters. The third-order valence-electron chi connectivity index (χ3n) is 2.96. The average Bonchev–Trinajstić information content (AvgIpc) is 2.87. The van der Waals surface area contributed by atoms with Crippen LogP contribution in [0.2, 0.25) is 0 Å². The number of allylic oxidation sites excluding steroid dienone is 1. The molecule has 5 nitrogen and oxygen atoms in total. The highest BCUT2D eigenvalue weighted by Gasteiger charge is 2.27. The molecule has 0 aromatic heterocycles. The molecular formula is C15H18N2O3. The number of ether oxygens (including phenoxy) is 1. The van der Waals surface area contributed by atoms with E-state index < -0.39 is 5.91 Å². The predicted molar refractivity (Wildman–Crippen MR) is 76.2 cm³/mol. The van der Waals surface area contributed by atoms with E-state index in [-0.39, 0.29) is 6.10 Å². The van der Waals surface area contributed by atoms with Crippen molar-refractivity contribution in [2.75, 3.05) is 6.61 Å². The lowest BCUT2D eigenvalue weighted by Crippen LogP contribution is -2.15. The summed E-state index contributed by atoms with van der Waals surface area (Å²) >= 11 is 0. The van der Waals surface area contributed by atoms with E-state index >= 15 is 0 Å². The number of amides is 1. The Morgan fingerprint density at radius 3 is 2.95 bits per heavy atom. The Labute approximate surface area is 118 Å². The molecule has 106 valence electrons. The van der Waals surface area contributed by atoms with E-state index in [1.165, 1.54) is 5.57 Å². The van der Waals surface area contributed by atoms with Gasteiger partial charge in [-0.15, -0.1) is 0 Å². The molecular weight excluding hydrogens is 256 g/mol. The summed E-state index contributed by atoms with van der Waals surface area (Å²) in [6.07, 6.45) is 2.15. The summed E-state index contributed by atoms with van der Waals surface area (Å²) < 4.78 is 5.50. The summed E-state index contributed by atoms with van der Waals surface area (Å²) in [5.74, 6) is 0.0647. The smallest absolute Gasteiger partial charge is 0.249 e. The maximum absolute atomic E-state index is 11.4. The fraction of sp³-hybridized carbons (Fsp3) is 0.333. The van der Waals surface area contributed by atoms with Crippen molar-refractivity contribution in [2.24, 2.45) is 10.9 Å². The van der Waals surface area contributed by atoms with Gasteiger partial charge in [-0.25, -0.2) is 0 Å². The van der Waals surface area contributed by atoms with Crippen molar-refractivity contribution in [1.29, 1.82) is 0 Å². The van der Waals surface area contributed by atoms with Gasteiger partial charge in [0.25, 0.3) is 0 Å². The van der Waals surface area contributed by atoms with Crippen LogP contribution in [-0.4, -0.2) is 18.4 Å². The van der Waals surface area contributed by atoms with Gasteiger partial charge in [0.15, 0.2) is 6.10 Å². The van der Waals surface area contributed by atoms with Gasteiger partial charge in [-0.1, -0.05) is 28.9 Å². The number of carbonyl (C=O) groups is 1. The van der Waals surface area contributed by atoms with Crippen molar-refractivity contribution in [3.05, 3.63) is 47.0 Å². The summed E-state index contributed by atoms with van der Waals surface area (Å²) in [6, 6.07) is 7.11. The van der Waals surface area contributed by atoms with Gasteiger partial charge in [0.1, 0.15) is 6.61 Å². The molecule has 2 rings (SSSR count). The van der Waals surface area contributed by atoms with Crippen LogP contribution in [0.15, 0.2) is 41.1 Å². The maximum Gasteiger partial charge on any atom is 0.249 e. The Morgan fingerprint density at radius 2 is 2.25 bits per heavy atom. The number of hydrogen-bond donors (Lipinski definition) is 1. The van der Waals surface area contributed by atoms with Gasteiger partial charge in [-0.2, -0.15) is 0 Å². The predicted octanol–water partition coefficient (Wildman–Crippen LogP) is 2.54. The molecule has 0 radical (unpaired) electrons. The minimum absolute atomic E-state index is 0.319. The number of carbonyl (C=O) groups excluding carboxylic acids is 1. The zero-order chi connectivity index (χ0) is 14.5. The topological polar surface area (TPSA) is 73.9 Å². The Bertz CT molecular complexity index is 560. The summed E-state index contributed by atoms with van der Waals surface area (Å²) in [7, 11) is 0. The first kappa shape index (κ1) is 14.1. The quantitative estimate of drug-likeness (QED) is 0.857. The molecule has 0 spiro atoms. The highest BCUT2D eigenvalue weighted by Crippen LogP contribution is 2.29. The van der Waals surface area contributed by atoms with Gasteiger partial charge in [0, 0.05) is 11.1 Å². The zero-order valence-corrected chi connectivity index (χ0v) is 11.6. The molecule has 1 aromatic carbocycles. The molecule has 0 fully saturated rings. The van der Waals surface area contributed by atoms with E-state index in [2.05, 4.69) is 5.16 Å². The van der Waals surface area contributed by atoms with Crippen LogP contribution < -0.4 is 5.73 Å². The molecule has 1 amide bonds. The lowest BCUT2D eigenvalue weighted by atomic mass is 10.00. The lowest BCUT2D eigenvalue weighted by molar-refractivity contribution is 0.0827. The second-order valence-electron chi connectivity index (χ2n) is 4.83. The largest absolute Gasteiger partial charge is 0.474 e. The summed E-state index contributed by atoms with van der Waals surface area (Å²) in [5.41, 5.74) is 7.74. The fourth-order valence-corrected chi connectivity index (χ4v) is 1.91. The van der Waals surface area contributed by atoms with Gasteiger partial charge >= 0.3 is 0 Å². The SMILES string of the molecule is CC(C)=CCOC1=NOC(c2ccccc2C(N)=O)C1. The van der Waals surface area contributed by atoms with Crippen LogP contribution >= 0.6 is 0 Å². The summed E-state index contributed by atoms with van der Waals surface area (Å²) in [6.45, 7) is 4.47. The number of hydrogen-bond acceptors (Lipinski definition) is 4. The first-order valence-electron chi connectivity index (χ1n) is 6.45. The van der Waals surface area contributed by atoms with Crippen molar-refractivity contribution in [2.45, 2.75) is 26.4 Å². The van der Waals surface area contributed by atoms with Crippen LogP contribution in [0.1, 0.15) is 42.3 Å². The Balaban J connectivity index is 2.01. The van der Waals surface area contributed by atoms with Crippen LogP contribution in [0.25, 0.3) is 0 Å². The van der Waals surface area contributed by atoms with E-state index in [1.54, 1.807) is 12.1 Å². The molecule has 1 atom stereocenters. The van der Waals surface area contributed by atoms with Crippen molar-refractivity contribution < 1.29 is 14.4 Å². The zero-order valence-electron chi connectivity index (χ0n) is 11.6. The standard InChI is InChI=1S/C15H18N2O3/c1-10(2)7-8-19-14-9-13(20-17-14)11-5-3-4-6-12(11)15(16)18/h3-7,13H,8-9H2,1-2H3,(H2,16,18). The van der Waals surface area contributed by atoms with Gasteiger partial charge in [0.05, 0.1) is 6.42 Å². The average molecular weight is 274 g/mol. The Kier molecular flexibility index (Phi) is 4.40. The normalized spacial score (nSPS) is 17.1. The van der Waals surface area contributed by atoms with Crippen LogP contribution in [0, 0.1) is 0 Å². The van der Waals surface area contributed by atoms with Crippen LogP contribution in [0.3, 0.4) is 0 Å². The van der Waals surface area contributed by atoms with Gasteiger partial charge in [-0.3, -0.25) is 4.79 Å². The lowest BCUT2D eigenvalue weighted by Gasteiger charge is -2.11. The Morgan fingerprint density at radius 1 is 1.50 bits per heavy atom. The number of nitrogens with two attached hydrogens (primary N) is 1. The third kappa shape index (κ3) is 3.38. The highest BCUT2D eigenvalue weighted by molar-refractivity contribution is 5.94. The van der Waals surface area contributed by atoms with E-state index in [0.717, 1.165) is 5.56 Å². The number of rotatable bonds is 4. The van der Waals surface area contributed by atoms with Gasteiger partial charge < -0.3 is 15.3 Å². The monoisotopic (exact) mass is 274 g/mol. The van der Waals surface area contributed by atoms with Crippen LogP contribution in [0.4, 0.5) is 0 Å². The number of benzene rings is 1. The molecule has 0 saturated heterocycles. The molecule has 5 heteroatoms. The van der Waals surface area contributed by atoms with Crippen molar-refractivity contribution in [1.82, 2.24) is 0 Å². The van der Waals surface area contributed by atoms with Crippen LogP contribution in [-0.2, 0) is 9.57 Å². The number of oxime groups is 1. The van der Waals surface area contributed by atoms with Crippen molar-refractivity contribution in [3.8, 4) is 0 Å². The summed E-state index contributed by atoms with van der Waals surface area (Å²) in [4.78, 5) is 16.7. The minimum atomic E-state index is -0.469. The van der Waals surface area contributed by atoms with Gasteiger partial charge in [-0.05, 0) is 26.0 Å². The second-order valence-corrected chi connectivity index (χ2v) is 4.83. The van der Waals surface area contributed by atoms with E-state index in [4.69, 9.17) is 15.3 Å². The molecule has 1 aromatic rings. The maximum atomic E-state index is 11.4. The Hall–Kier alpha value is -2.30. The molecule has 1 heterocycles. The highest BCUT2D eigenvalue weighted by atomic mass is 16.7. The second kappa shape index (κ2) is 6.23. The number of primary amides is 1. The van der Waals surface area contributed by atoms with Gasteiger partial charge in [0.2, 0.25) is 11.8 Å². The van der Waals surface area contributed by atoms with Crippen molar-refractivity contribution in [3.63, 3.8) is 0 Å².